The molecule has 1 fully saturated rings. The predicted octanol–water partition coefficient (Wildman–Crippen LogP) is 1.14. The van der Waals surface area contributed by atoms with Crippen LogP contribution in [0.3, 0.4) is 0 Å². The van der Waals surface area contributed by atoms with Crippen molar-refractivity contribution < 1.29 is 23.8 Å². The number of halogens is 1. The van der Waals surface area contributed by atoms with Gasteiger partial charge in [-0.1, -0.05) is 0 Å². The monoisotopic (exact) mass is 319 g/mol. The molecule has 2 heterocycles. The number of morpholine rings is 1. The van der Waals surface area contributed by atoms with Crippen LogP contribution in [0, 0.1) is 5.82 Å². The molecule has 0 radical (unpaired) electrons. The lowest BCUT2D eigenvalue weighted by atomic mass is 10.1. The molecule has 0 spiro atoms. The van der Waals surface area contributed by atoms with Crippen LogP contribution in [0.1, 0.15) is 10.5 Å². The average Bonchev–Trinajstić information content (AvgIpc) is 3.05. The number of carbonyl (C=O) groups excluding carboxylic acids is 1. The van der Waals surface area contributed by atoms with Gasteiger partial charge in [-0.3, -0.25) is 9.89 Å². The fraction of sp³-hybridized carbons (Fsp3) is 0.267. The highest BCUT2D eigenvalue weighted by Gasteiger charge is 2.30. The van der Waals surface area contributed by atoms with Crippen molar-refractivity contribution in [2.45, 2.75) is 6.10 Å². The third-order valence-electron chi connectivity index (χ3n) is 3.58. The highest BCUT2D eigenvalue weighted by Crippen LogP contribution is 2.19. The van der Waals surface area contributed by atoms with Gasteiger partial charge >= 0.3 is 5.97 Å². The van der Waals surface area contributed by atoms with Gasteiger partial charge in [0.15, 0.2) is 6.10 Å². The molecule has 0 aliphatic carbocycles. The van der Waals surface area contributed by atoms with Crippen LogP contribution in [0.15, 0.2) is 30.3 Å². The third-order valence-corrected chi connectivity index (χ3v) is 3.58. The molecule has 1 atom stereocenters. The summed E-state index contributed by atoms with van der Waals surface area (Å²) in [6.45, 7) is 0.467. The summed E-state index contributed by atoms with van der Waals surface area (Å²) in [6, 6.07) is 7.31. The topological polar surface area (TPSA) is 95.5 Å². The Balaban J connectivity index is 1.75. The van der Waals surface area contributed by atoms with E-state index in [-0.39, 0.29) is 30.6 Å². The zero-order chi connectivity index (χ0) is 16.4. The number of H-pyrrole nitrogens is 1. The summed E-state index contributed by atoms with van der Waals surface area (Å²) < 4.78 is 18.0. The van der Waals surface area contributed by atoms with Gasteiger partial charge in [-0.15, -0.1) is 0 Å². The molecule has 0 unspecified atom stereocenters. The molecule has 0 saturated carbocycles. The number of amides is 1. The molecule has 3 rings (SSSR count). The van der Waals surface area contributed by atoms with Gasteiger partial charge in [0.1, 0.15) is 11.5 Å². The Morgan fingerprint density at radius 1 is 1.35 bits per heavy atom. The standard InChI is InChI=1S/C15H14FN3O4/c16-10-3-1-9(2-4-10)11-7-12(18-17-11)14(20)19-5-6-23-13(8-19)15(21)22/h1-4,7,13H,5-6,8H2,(H,17,18)(H,21,22)/t13-/m1/s1. The normalized spacial score (nSPS) is 18.0. The van der Waals surface area contributed by atoms with Crippen LogP contribution >= 0.6 is 0 Å². The number of hydrogen-bond acceptors (Lipinski definition) is 4. The van der Waals surface area contributed by atoms with Crippen LogP contribution in [-0.4, -0.2) is 57.9 Å². The second-order valence-corrected chi connectivity index (χ2v) is 5.12. The zero-order valence-corrected chi connectivity index (χ0v) is 12.0. The minimum atomic E-state index is -1.10. The number of hydrogen-bond donors (Lipinski definition) is 2. The van der Waals surface area contributed by atoms with Crippen LogP contribution in [0.25, 0.3) is 11.3 Å². The Morgan fingerprint density at radius 3 is 2.78 bits per heavy atom. The molecule has 7 nitrogen and oxygen atoms in total. The smallest absolute Gasteiger partial charge is 0.334 e. The minimum Gasteiger partial charge on any atom is -0.479 e. The van der Waals surface area contributed by atoms with Crippen LogP contribution in [0.2, 0.25) is 0 Å². The Hall–Kier alpha value is -2.74. The lowest BCUT2D eigenvalue weighted by molar-refractivity contribution is -0.154. The second-order valence-electron chi connectivity index (χ2n) is 5.12. The maximum absolute atomic E-state index is 12.9. The van der Waals surface area contributed by atoms with Crippen molar-refractivity contribution >= 4 is 11.9 Å². The summed E-state index contributed by atoms with van der Waals surface area (Å²) in [4.78, 5) is 24.8. The third kappa shape index (κ3) is 3.21. The summed E-state index contributed by atoms with van der Waals surface area (Å²) in [5.74, 6) is -1.80. The molecular weight excluding hydrogens is 305 g/mol. The van der Waals surface area contributed by atoms with Crippen molar-refractivity contribution in [3.8, 4) is 11.3 Å². The van der Waals surface area contributed by atoms with E-state index in [1.807, 2.05) is 0 Å². The van der Waals surface area contributed by atoms with Crippen molar-refractivity contribution in [2.75, 3.05) is 19.7 Å². The van der Waals surface area contributed by atoms with Gasteiger partial charge in [-0.2, -0.15) is 5.10 Å². The first-order valence-electron chi connectivity index (χ1n) is 6.99. The lowest BCUT2D eigenvalue weighted by Gasteiger charge is -2.30. The van der Waals surface area contributed by atoms with E-state index in [4.69, 9.17) is 9.84 Å². The first-order valence-corrected chi connectivity index (χ1v) is 6.99. The Kier molecular flexibility index (Phi) is 4.07. The van der Waals surface area contributed by atoms with Gasteiger partial charge in [-0.25, -0.2) is 9.18 Å². The molecule has 1 aliphatic heterocycles. The van der Waals surface area contributed by atoms with Crippen LogP contribution in [-0.2, 0) is 9.53 Å². The number of aromatic nitrogens is 2. The number of nitrogens with zero attached hydrogens (tertiary/aromatic N) is 2. The fourth-order valence-corrected chi connectivity index (χ4v) is 2.35. The number of aliphatic carboxylic acids is 1. The number of ether oxygens (including phenoxy) is 1. The number of nitrogens with one attached hydrogen (secondary N) is 1. The molecule has 1 amide bonds. The van der Waals surface area contributed by atoms with E-state index in [1.165, 1.54) is 17.0 Å². The number of carbonyl (C=O) groups is 2. The highest BCUT2D eigenvalue weighted by molar-refractivity contribution is 5.93. The Labute approximate surface area is 130 Å². The quantitative estimate of drug-likeness (QED) is 0.884. The van der Waals surface area contributed by atoms with E-state index in [2.05, 4.69) is 10.2 Å². The number of carboxylic acid groups (broad SMARTS) is 1. The Bertz CT molecular complexity index is 729. The fourth-order valence-electron chi connectivity index (χ4n) is 2.35. The van der Waals surface area contributed by atoms with E-state index in [0.29, 0.717) is 17.8 Å². The van der Waals surface area contributed by atoms with Gasteiger partial charge in [-0.05, 0) is 30.3 Å². The first-order chi connectivity index (χ1) is 11.0. The molecular formula is C15H14FN3O4. The van der Waals surface area contributed by atoms with Crippen molar-refractivity contribution in [3.05, 3.63) is 41.8 Å². The maximum atomic E-state index is 12.9. The summed E-state index contributed by atoms with van der Waals surface area (Å²) >= 11 is 0. The maximum Gasteiger partial charge on any atom is 0.334 e. The summed E-state index contributed by atoms with van der Waals surface area (Å²) in [5, 5.41) is 15.7. The van der Waals surface area contributed by atoms with Gasteiger partial charge in [0, 0.05) is 12.1 Å². The van der Waals surface area contributed by atoms with Crippen LogP contribution in [0.5, 0.6) is 0 Å². The summed E-state index contributed by atoms with van der Waals surface area (Å²) in [6.07, 6.45) is -1.02. The van der Waals surface area contributed by atoms with Crippen LogP contribution < -0.4 is 0 Å². The van der Waals surface area contributed by atoms with Crippen molar-refractivity contribution in [1.82, 2.24) is 15.1 Å². The van der Waals surface area contributed by atoms with Gasteiger partial charge in [0.25, 0.3) is 5.91 Å². The largest absolute Gasteiger partial charge is 0.479 e. The molecule has 2 aromatic rings. The van der Waals surface area contributed by atoms with E-state index in [0.717, 1.165) is 0 Å². The second kappa shape index (κ2) is 6.17. The first kappa shape index (κ1) is 15.2. The molecule has 1 aliphatic rings. The lowest BCUT2D eigenvalue weighted by Crippen LogP contribution is -2.48. The zero-order valence-electron chi connectivity index (χ0n) is 12.0. The molecule has 0 bridgehead atoms. The summed E-state index contributed by atoms with van der Waals surface area (Å²) in [7, 11) is 0. The van der Waals surface area contributed by atoms with E-state index in [9.17, 15) is 14.0 Å². The number of rotatable bonds is 3. The molecule has 1 aromatic carbocycles. The average molecular weight is 319 g/mol. The van der Waals surface area contributed by atoms with Crippen molar-refractivity contribution in [3.63, 3.8) is 0 Å². The predicted molar refractivity (Wildman–Crippen MR) is 77.3 cm³/mol. The molecule has 2 N–H and O–H groups in total. The Morgan fingerprint density at radius 2 is 2.09 bits per heavy atom. The van der Waals surface area contributed by atoms with Gasteiger partial charge in [0.2, 0.25) is 0 Å². The number of carboxylic acids is 1. The van der Waals surface area contributed by atoms with Gasteiger partial charge in [0.05, 0.1) is 18.8 Å². The SMILES string of the molecule is O=C(O)[C@H]1CN(C(=O)c2cc(-c3ccc(F)cc3)n[nH]2)CCO1. The van der Waals surface area contributed by atoms with Gasteiger partial charge < -0.3 is 14.7 Å². The van der Waals surface area contributed by atoms with Crippen molar-refractivity contribution in [1.29, 1.82) is 0 Å². The number of benzene rings is 1. The van der Waals surface area contributed by atoms with Crippen molar-refractivity contribution in [2.24, 2.45) is 0 Å². The van der Waals surface area contributed by atoms with E-state index in [1.54, 1.807) is 18.2 Å². The molecule has 8 heteroatoms. The van der Waals surface area contributed by atoms with E-state index >= 15 is 0 Å². The minimum absolute atomic E-state index is 0.0148. The molecule has 23 heavy (non-hydrogen) atoms. The summed E-state index contributed by atoms with van der Waals surface area (Å²) in [5.41, 5.74) is 1.43. The van der Waals surface area contributed by atoms with Crippen LogP contribution in [0.4, 0.5) is 4.39 Å². The highest BCUT2D eigenvalue weighted by atomic mass is 19.1. The molecule has 1 saturated heterocycles. The molecule has 120 valence electrons. The van der Waals surface area contributed by atoms with E-state index < -0.39 is 12.1 Å². The molecule has 1 aromatic heterocycles. The number of aromatic amines is 1.